The molecular weight excluding hydrogens is 399 g/mol. The Labute approximate surface area is 176 Å². The van der Waals surface area contributed by atoms with Gasteiger partial charge in [0.1, 0.15) is 6.10 Å². The summed E-state index contributed by atoms with van der Waals surface area (Å²) in [5, 5.41) is -0.130. The first-order valence-corrected chi connectivity index (χ1v) is 10.9. The first kappa shape index (κ1) is 21.6. The van der Waals surface area contributed by atoms with Crippen LogP contribution in [0.1, 0.15) is 39.0 Å². The van der Waals surface area contributed by atoms with Crippen LogP contribution in [0.4, 0.5) is 0 Å². The Hall–Kier alpha value is -1.10. The number of hydrogen-bond donors (Lipinski definition) is 0. The summed E-state index contributed by atoms with van der Waals surface area (Å²) < 4.78 is 11.5. The zero-order valence-electron chi connectivity index (χ0n) is 16.2. The molecule has 6 unspecified atom stereocenters. The minimum absolute atomic E-state index is 0.0384. The van der Waals surface area contributed by atoms with Gasteiger partial charge in [0.05, 0.1) is 18.6 Å². The Morgan fingerprint density at radius 3 is 2.68 bits per heavy atom. The van der Waals surface area contributed by atoms with Gasteiger partial charge in [0.25, 0.3) is 0 Å². The molecule has 0 N–H and O–H groups in total. The zero-order valence-corrected chi connectivity index (χ0v) is 17.7. The largest absolute Gasteiger partial charge is 0.458 e. The van der Waals surface area contributed by atoms with Crippen molar-refractivity contribution >= 4 is 35.0 Å². The molecule has 4 nitrogen and oxygen atoms in total. The number of alkyl halides is 2. The third-order valence-electron chi connectivity index (χ3n) is 6.13. The third kappa shape index (κ3) is 4.72. The van der Waals surface area contributed by atoms with Crippen molar-refractivity contribution in [2.24, 2.45) is 17.8 Å². The molecule has 0 aromatic carbocycles. The van der Waals surface area contributed by atoms with Gasteiger partial charge in [-0.1, -0.05) is 24.1 Å². The van der Waals surface area contributed by atoms with Crippen LogP contribution in [0, 0.1) is 17.8 Å². The molecule has 0 saturated heterocycles. The van der Waals surface area contributed by atoms with Crippen molar-refractivity contribution in [2.45, 2.75) is 62.0 Å². The number of ether oxygens (including phenoxy) is 2. The van der Waals surface area contributed by atoms with Crippen LogP contribution in [-0.4, -0.2) is 41.3 Å². The predicted octanol–water partition coefficient (Wildman–Crippen LogP) is 4.60. The summed E-state index contributed by atoms with van der Waals surface area (Å²) in [6.07, 6.45) is 10.2. The van der Waals surface area contributed by atoms with Gasteiger partial charge in [-0.2, -0.15) is 0 Å². The lowest BCUT2D eigenvalue weighted by atomic mass is 9.71. The molecule has 0 aromatic heterocycles. The van der Waals surface area contributed by atoms with E-state index in [0.29, 0.717) is 6.61 Å². The van der Waals surface area contributed by atoms with Crippen LogP contribution in [0.5, 0.6) is 0 Å². The second-order valence-corrected chi connectivity index (χ2v) is 9.08. The van der Waals surface area contributed by atoms with Crippen LogP contribution < -0.4 is 0 Å². The standard InChI is InChI=1S/C22H28Cl2O4/c1-3-11-27-19-10-8-14-13(2)12-20(26)28-22(14)21(19)18(25)9-7-15-16(23)5-4-6-17(15)24/h3,7,9,12,14-17,19,21-22H,1,4-6,8,10-11H2,2H3. The summed E-state index contributed by atoms with van der Waals surface area (Å²) >= 11 is 12.9. The highest BCUT2D eigenvalue weighted by atomic mass is 35.5. The third-order valence-corrected chi connectivity index (χ3v) is 7.15. The summed E-state index contributed by atoms with van der Waals surface area (Å²) in [6, 6.07) is 0. The van der Waals surface area contributed by atoms with Crippen LogP contribution in [-0.2, 0) is 19.1 Å². The number of esters is 1. The zero-order chi connectivity index (χ0) is 20.3. The quantitative estimate of drug-likeness (QED) is 0.269. The van der Waals surface area contributed by atoms with Gasteiger partial charge in [0.15, 0.2) is 5.78 Å². The van der Waals surface area contributed by atoms with E-state index in [0.717, 1.165) is 37.7 Å². The number of carbonyl (C=O) groups is 2. The molecule has 1 heterocycles. The molecule has 0 bridgehead atoms. The minimum Gasteiger partial charge on any atom is -0.458 e. The maximum absolute atomic E-state index is 13.2. The summed E-state index contributed by atoms with van der Waals surface area (Å²) in [6.45, 7) is 5.97. The molecule has 2 fully saturated rings. The average Bonchev–Trinajstić information content (AvgIpc) is 2.65. The highest BCUT2D eigenvalue weighted by Gasteiger charge is 2.47. The maximum Gasteiger partial charge on any atom is 0.331 e. The van der Waals surface area contributed by atoms with E-state index in [2.05, 4.69) is 6.58 Å². The average molecular weight is 427 g/mol. The van der Waals surface area contributed by atoms with E-state index in [1.54, 1.807) is 12.2 Å². The molecule has 1 aliphatic heterocycles. The summed E-state index contributed by atoms with van der Waals surface area (Å²) in [5.74, 6) is -1.000. The number of allylic oxidation sites excluding steroid dienone is 2. The minimum atomic E-state index is -0.534. The van der Waals surface area contributed by atoms with Gasteiger partial charge in [0.2, 0.25) is 0 Å². The van der Waals surface area contributed by atoms with Crippen molar-refractivity contribution in [3.05, 3.63) is 36.5 Å². The van der Waals surface area contributed by atoms with E-state index in [4.69, 9.17) is 32.7 Å². The Balaban J connectivity index is 1.81. The molecule has 3 rings (SSSR count). The molecule has 6 atom stereocenters. The molecule has 2 saturated carbocycles. The second kappa shape index (κ2) is 9.60. The van der Waals surface area contributed by atoms with E-state index in [1.165, 1.54) is 6.08 Å². The first-order valence-electron chi connectivity index (χ1n) is 10.0. The topological polar surface area (TPSA) is 52.6 Å². The van der Waals surface area contributed by atoms with E-state index in [-0.39, 0.29) is 40.4 Å². The fraction of sp³-hybridized carbons (Fsp3) is 0.636. The Bertz CT molecular complexity index is 661. The van der Waals surface area contributed by atoms with Crippen LogP contribution >= 0.6 is 23.2 Å². The molecule has 154 valence electrons. The molecule has 0 spiro atoms. The van der Waals surface area contributed by atoms with Gasteiger partial charge < -0.3 is 9.47 Å². The Morgan fingerprint density at radius 1 is 1.29 bits per heavy atom. The molecule has 28 heavy (non-hydrogen) atoms. The van der Waals surface area contributed by atoms with Crippen LogP contribution in [0.3, 0.4) is 0 Å². The maximum atomic E-state index is 13.2. The molecule has 0 amide bonds. The van der Waals surface area contributed by atoms with E-state index < -0.39 is 12.0 Å². The van der Waals surface area contributed by atoms with Gasteiger partial charge >= 0.3 is 5.97 Å². The number of carbonyl (C=O) groups excluding carboxylic acids is 2. The number of ketones is 1. The van der Waals surface area contributed by atoms with Gasteiger partial charge in [-0.25, -0.2) is 4.79 Å². The molecule has 3 aliphatic rings. The molecule has 0 radical (unpaired) electrons. The molecule has 0 aromatic rings. The van der Waals surface area contributed by atoms with Crippen molar-refractivity contribution in [3.8, 4) is 0 Å². The first-order chi connectivity index (χ1) is 13.4. The lowest BCUT2D eigenvalue weighted by molar-refractivity contribution is -0.163. The van der Waals surface area contributed by atoms with Gasteiger partial charge in [-0.15, -0.1) is 29.8 Å². The van der Waals surface area contributed by atoms with Crippen molar-refractivity contribution in [2.75, 3.05) is 6.61 Å². The van der Waals surface area contributed by atoms with Crippen molar-refractivity contribution in [1.82, 2.24) is 0 Å². The lowest BCUT2D eigenvalue weighted by Gasteiger charge is -2.43. The number of rotatable bonds is 6. The monoisotopic (exact) mass is 426 g/mol. The predicted molar refractivity (Wildman–Crippen MR) is 111 cm³/mol. The molecular formula is C22H28Cl2O4. The summed E-state index contributed by atoms with van der Waals surface area (Å²) in [5.41, 5.74) is 0.971. The smallest absolute Gasteiger partial charge is 0.331 e. The van der Waals surface area contributed by atoms with E-state index >= 15 is 0 Å². The Kier molecular flexibility index (Phi) is 7.41. The number of halogens is 2. The van der Waals surface area contributed by atoms with Gasteiger partial charge in [-0.3, -0.25) is 4.79 Å². The van der Waals surface area contributed by atoms with Crippen molar-refractivity contribution in [3.63, 3.8) is 0 Å². The summed E-state index contributed by atoms with van der Waals surface area (Å²) in [7, 11) is 0. The van der Waals surface area contributed by atoms with Crippen LogP contribution in [0.15, 0.2) is 36.5 Å². The fourth-order valence-corrected chi connectivity index (χ4v) is 5.56. The van der Waals surface area contributed by atoms with Crippen LogP contribution in [0.2, 0.25) is 0 Å². The second-order valence-electron chi connectivity index (χ2n) is 7.96. The fourth-order valence-electron chi connectivity index (χ4n) is 4.65. The van der Waals surface area contributed by atoms with E-state index in [9.17, 15) is 9.59 Å². The highest BCUT2D eigenvalue weighted by Crippen LogP contribution is 2.41. The van der Waals surface area contributed by atoms with E-state index in [1.807, 2.05) is 13.0 Å². The molecule has 6 heteroatoms. The Morgan fingerprint density at radius 2 is 2.00 bits per heavy atom. The lowest BCUT2D eigenvalue weighted by Crippen LogP contribution is -2.50. The highest BCUT2D eigenvalue weighted by molar-refractivity contribution is 6.24. The van der Waals surface area contributed by atoms with Crippen molar-refractivity contribution in [1.29, 1.82) is 0 Å². The normalized spacial score (nSPS) is 38.5. The summed E-state index contributed by atoms with van der Waals surface area (Å²) in [4.78, 5) is 25.2. The molecule has 2 aliphatic carbocycles. The van der Waals surface area contributed by atoms with Gasteiger partial charge in [-0.05, 0) is 38.7 Å². The SMILES string of the molecule is C=CCOC1CCC2C(C)=CC(=O)OC2C1C(=O)C=CC1C(Cl)CCCC1Cl. The number of hydrogen-bond acceptors (Lipinski definition) is 4. The number of fused-ring (bicyclic) bond motifs is 1. The van der Waals surface area contributed by atoms with Crippen LogP contribution in [0.25, 0.3) is 0 Å². The van der Waals surface area contributed by atoms with Crippen molar-refractivity contribution < 1.29 is 19.1 Å². The van der Waals surface area contributed by atoms with Gasteiger partial charge in [0, 0.05) is 28.7 Å².